The smallest absolute Gasteiger partial charge is 0.303 e. The normalized spacial score (nSPS) is 13.9. The second-order valence-corrected chi connectivity index (χ2v) is 8.28. The van der Waals surface area contributed by atoms with Crippen LogP contribution in [0.3, 0.4) is 0 Å². The van der Waals surface area contributed by atoms with E-state index in [1.54, 1.807) is 0 Å². The van der Waals surface area contributed by atoms with Crippen molar-refractivity contribution < 1.29 is 19.4 Å². The minimum absolute atomic E-state index is 0.0301. The predicted octanol–water partition coefficient (Wildman–Crippen LogP) is 5.98. The van der Waals surface area contributed by atoms with Gasteiger partial charge in [-0.15, -0.1) is 0 Å². The number of ketones is 1. The summed E-state index contributed by atoms with van der Waals surface area (Å²) in [6.45, 7) is 0. The van der Waals surface area contributed by atoms with Crippen molar-refractivity contribution in [2.75, 3.05) is 0 Å². The van der Waals surface area contributed by atoms with Crippen molar-refractivity contribution >= 4 is 11.8 Å². The second-order valence-electron chi connectivity index (χ2n) is 8.28. The number of fused-ring (bicyclic) bond motifs is 1. The summed E-state index contributed by atoms with van der Waals surface area (Å²) >= 11 is 0. The Morgan fingerprint density at radius 3 is 2.34 bits per heavy atom. The molecule has 3 aromatic carbocycles. The minimum atomic E-state index is -0.838. The number of aliphatic carboxylic acids is 1. The van der Waals surface area contributed by atoms with Crippen LogP contribution in [0.5, 0.6) is 5.75 Å². The third kappa shape index (κ3) is 5.25. The molecule has 3 aromatic rings. The lowest BCUT2D eigenvalue weighted by Crippen LogP contribution is -2.16. The quantitative estimate of drug-likeness (QED) is 0.456. The van der Waals surface area contributed by atoms with Crippen LogP contribution in [0.25, 0.3) is 0 Å². The van der Waals surface area contributed by atoms with Gasteiger partial charge in [0.1, 0.15) is 11.9 Å². The number of carbonyl (C=O) groups is 2. The Morgan fingerprint density at radius 2 is 1.62 bits per heavy atom. The van der Waals surface area contributed by atoms with Gasteiger partial charge in [-0.2, -0.15) is 0 Å². The Balaban J connectivity index is 1.67. The molecule has 0 bridgehead atoms. The number of carboxylic acid groups (broad SMARTS) is 1. The first-order valence-corrected chi connectivity index (χ1v) is 11.3. The molecule has 164 valence electrons. The van der Waals surface area contributed by atoms with Crippen molar-refractivity contribution in [2.45, 2.75) is 51.0 Å². The highest BCUT2D eigenvalue weighted by atomic mass is 16.5. The fourth-order valence-electron chi connectivity index (χ4n) is 4.45. The molecule has 0 saturated heterocycles. The fraction of sp³-hybridized carbons (Fsp3) is 0.286. The molecular formula is C28H28O4. The average molecular weight is 429 g/mol. The van der Waals surface area contributed by atoms with Crippen molar-refractivity contribution in [3.05, 3.63) is 101 Å². The number of hydrogen-bond acceptors (Lipinski definition) is 3. The third-order valence-electron chi connectivity index (χ3n) is 6.09. The Kier molecular flexibility index (Phi) is 7.00. The first kappa shape index (κ1) is 21.8. The molecule has 4 nitrogen and oxygen atoms in total. The molecule has 1 N–H and O–H groups in total. The molecule has 0 spiro atoms. The van der Waals surface area contributed by atoms with Gasteiger partial charge in [0, 0.05) is 18.4 Å². The lowest BCUT2D eigenvalue weighted by Gasteiger charge is -2.25. The van der Waals surface area contributed by atoms with E-state index in [2.05, 4.69) is 12.1 Å². The van der Waals surface area contributed by atoms with Crippen LogP contribution < -0.4 is 4.74 Å². The van der Waals surface area contributed by atoms with E-state index >= 15 is 0 Å². The number of carbonyl (C=O) groups excluding carboxylic acids is 1. The van der Waals surface area contributed by atoms with E-state index in [1.165, 1.54) is 5.56 Å². The number of benzene rings is 3. The highest BCUT2D eigenvalue weighted by Gasteiger charge is 2.24. The van der Waals surface area contributed by atoms with Crippen molar-refractivity contribution in [3.8, 4) is 5.75 Å². The molecule has 1 unspecified atom stereocenters. The largest absolute Gasteiger partial charge is 0.485 e. The number of ether oxygens (including phenoxy) is 1. The number of Topliss-reactive ketones (excluding diaryl/α,β-unsaturated/α-hetero) is 1. The molecule has 32 heavy (non-hydrogen) atoms. The van der Waals surface area contributed by atoms with Gasteiger partial charge in [-0.3, -0.25) is 9.59 Å². The van der Waals surface area contributed by atoms with Gasteiger partial charge < -0.3 is 9.84 Å². The number of hydrogen-bond donors (Lipinski definition) is 1. The standard InChI is InChI=1S/C28H28O4/c29-25-13-7-12-22-23(25)16-17-27(24(22)15-14-20-8-3-1-4-9-20)32-26(18-19-28(30)31)21-10-5-2-6-11-21/h1-6,8-11,16-17,26H,7,12-15,18-19H2,(H,30,31). The first-order chi connectivity index (χ1) is 15.6. The molecule has 0 fully saturated rings. The zero-order valence-corrected chi connectivity index (χ0v) is 18.1. The maximum atomic E-state index is 12.5. The number of carboxylic acids is 1. The number of rotatable bonds is 9. The van der Waals surface area contributed by atoms with Crippen LogP contribution in [0.2, 0.25) is 0 Å². The van der Waals surface area contributed by atoms with Crippen LogP contribution in [-0.2, 0) is 24.1 Å². The summed E-state index contributed by atoms with van der Waals surface area (Å²) in [4.78, 5) is 23.8. The fourth-order valence-corrected chi connectivity index (χ4v) is 4.45. The molecule has 1 aliphatic rings. The summed E-state index contributed by atoms with van der Waals surface area (Å²) in [5.74, 6) is 0.118. The van der Waals surface area contributed by atoms with Crippen LogP contribution in [0.15, 0.2) is 72.8 Å². The van der Waals surface area contributed by atoms with E-state index in [0.29, 0.717) is 12.8 Å². The van der Waals surface area contributed by atoms with Crippen LogP contribution in [0.1, 0.15) is 64.4 Å². The Morgan fingerprint density at radius 1 is 0.906 bits per heavy atom. The maximum absolute atomic E-state index is 12.5. The van der Waals surface area contributed by atoms with Crippen molar-refractivity contribution in [1.29, 1.82) is 0 Å². The van der Waals surface area contributed by atoms with Crippen molar-refractivity contribution in [2.24, 2.45) is 0 Å². The Bertz CT molecular complexity index is 1070. The first-order valence-electron chi connectivity index (χ1n) is 11.3. The zero-order chi connectivity index (χ0) is 22.3. The lowest BCUT2D eigenvalue weighted by molar-refractivity contribution is -0.137. The van der Waals surface area contributed by atoms with E-state index in [0.717, 1.165) is 53.7 Å². The van der Waals surface area contributed by atoms with Gasteiger partial charge in [0.05, 0.1) is 0 Å². The Hall–Kier alpha value is -3.40. The molecular weight excluding hydrogens is 400 g/mol. The van der Waals surface area contributed by atoms with Gasteiger partial charge in [-0.25, -0.2) is 0 Å². The van der Waals surface area contributed by atoms with E-state index in [-0.39, 0.29) is 18.3 Å². The molecule has 0 saturated carbocycles. The average Bonchev–Trinajstić information content (AvgIpc) is 2.82. The van der Waals surface area contributed by atoms with Gasteiger partial charge in [-0.05, 0) is 66.5 Å². The molecule has 4 rings (SSSR count). The molecule has 0 aliphatic heterocycles. The maximum Gasteiger partial charge on any atom is 0.303 e. The SMILES string of the molecule is O=C(O)CCC(Oc1ccc2c(c1CCc1ccccc1)CCCC2=O)c1ccccc1. The molecule has 0 heterocycles. The van der Waals surface area contributed by atoms with E-state index < -0.39 is 5.97 Å². The van der Waals surface area contributed by atoms with Gasteiger partial charge in [0.25, 0.3) is 0 Å². The van der Waals surface area contributed by atoms with E-state index in [1.807, 2.05) is 60.7 Å². The summed E-state index contributed by atoms with van der Waals surface area (Å²) in [6.07, 6.45) is 4.00. The van der Waals surface area contributed by atoms with Gasteiger partial charge >= 0.3 is 5.97 Å². The Labute approximate surface area is 188 Å². The molecule has 0 amide bonds. The van der Waals surface area contributed by atoms with Gasteiger partial charge in [0.15, 0.2) is 5.78 Å². The lowest BCUT2D eigenvalue weighted by atomic mass is 9.85. The van der Waals surface area contributed by atoms with Crippen LogP contribution in [-0.4, -0.2) is 16.9 Å². The van der Waals surface area contributed by atoms with Crippen molar-refractivity contribution in [1.82, 2.24) is 0 Å². The zero-order valence-electron chi connectivity index (χ0n) is 18.1. The monoisotopic (exact) mass is 428 g/mol. The second kappa shape index (κ2) is 10.3. The molecule has 0 aromatic heterocycles. The van der Waals surface area contributed by atoms with Crippen LogP contribution >= 0.6 is 0 Å². The summed E-state index contributed by atoms with van der Waals surface area (Å²) in [7, 11) is 0. The summed E-state index contributed by atoms with van der Waals surface area (Å²) in [6, 6.07) is 23.8. The summed E-state index contributed by atoms with van der Waals surface area (Å²) in [5.41, 5.74) is 5.18. The van der Waals surface area contributed by atoms with E-state index in [4.69, 9.17) is 4.74 Å². The highest BCUT2D eigenvalue weighted by Crippen LogP contribution is 2.35. The third-order valence-corrected chi connectivity index (χ3v) is 6.09. The highest BCUT2D eigenvalue weighted by molar-refractivity contribution is 5.99. The van der Waals surface area contributed by atoms with Crippen LogP contribution in [0, 0.1) is 0 Å². The topological polar surface area (TPSA) is 63.6 Å². The molecule has 4 heteroatoms. The number of aryl methyl sites for hydroxylation is 1. The van der Waals surface area contributed by atoms with Gasteiger partial charge in [-0.1, -0.05) is 60.7 Å². The van der Waals surface area contributed by atoms with Gasteiger partial charge in [0.2, 0.25) is 0 Å². The predicted molar refractivity (Wildman–Crippen MR) is 124 cm³/mol. The van der Waals surface area contributed by atoms with Crippen LogP contribution in [0.4, 0.5) is 0 Å². The molecule has 1 atom stereocenters. The minimum Gasteiger partial charge on any atom is -0.485 e. The summed E-state index contributed by atoms with van der Waals surface area (Å²) in [5, 5.41) is 9.23. The van der Waals surface area contributed by atoms with Crippen molar-refractivity contribution in [3.63, 3.8) is 0 Å². The molecule has 1 aliphatic carbocycles. The van der Waals surface area contributed by atoms with E-state index in [9.17, 15) is 14.7 Å². The molecule has 0 radical (unpaired) electrons. The summed E-state index contributed by atoms with van der Waals surface area (Å²) < 4.78 is 6.50.